The third-order valence-corrected chi connectivity index (χ3v) is 4.69. The lowest BCUT2D eigenvalue weighted by molar-refractivity contribution is 0.461. The van der Waals surface area contributed by atoms with Gasteiger partial charge >= 0.3 is 0 Å². The van der Waals surface area contributed by atoms with E-state index in [-0.39, 0.29) is 0 Å². The first-order chi connectivity index (χ1) is 10.5. The molecule has 0 radical (unpaired) electrons. The lowest BCUT2D eigenvalue weighted by atomic mass is 9.76. The van der Waals surface area contributed by atoms with Crippen molar-refractivity contribution in [1.29, 1.82) is 0 Å². The van der Waals surface area contributed by atoms with Gasteiger partial charge in [-0.25, -0.2) is 0 Å². The number of aromatic hydroxyl groups is 2. The Hall–Kier alpha value is -1.96. The van der Waals surface area contributed by atoms with Crippen LogP contribution in [0.2, 0.25) is 0 Å². The van der Waals surface area contributed by atoms with Gasteiger partial charge in [-0.15, -0.1) is 0 Å². The van der Waals surface area contributed by atoms with Gasteiger partial charge in [-0.1, -0.05) is 26.0 Å². The number of aryl methyl sites for hydroxylation is 2. The van der Waals surface area contributed by atoms with Crippen molar-refractivity contribution < 1.29 is 10.2 Å². The second-order valence-electron chi connectivity index (χ2n) is 6.11. The standard InChI is InChI=1S/C20H26O2/c1-5-17(19-11-15(21)9-7-13(19)3)18(6-2)20-12-16(22)10-8-14(20)4/h7-12,17-18,21-22H,5-6H2,1-4H3/t17-,18+. The van der Waals surface area contributed by atoms with Crippen molar-refractivity contribution in [2.24, 2.45) is 0 Å². The molecule has 0 unspecified atom stereocenters. The highest BCUT2D eigenvalue weighted by Crippen LogP contribution is 2.42. The SMILES string of the molecule is CC[C@H](c1cc(O)ccc1C)[C@@H](CC)c1cc(O)ccc1C. The zero-order valence-electron chi connectivity index (χ0n) is 13.9. The maximum Gasteiger partial charge on any atom is 0.115 e. The zero-order chi connectivity index (χ0) is 16.3. The highest BCUT2D eigenvalue weighted by molar-refractivity contribution is 5.42. The molecule has 0 aliphatic rings. The van der Waals surface area contributed by atoms with Gasteiger partial charge in [-0.2, -0.15) is 0 Å². The van der Waals surface area contributed by atoms with E-state index in [1.165, 1.54) is 22.3 Å². The summed E-state index contributed by atoms with van der Waals surface area (Å²) in [5.41, 5.74) is 4.83. The summed E-state index contributed by atoms with van der Waals surface area (Å²) in [6.45, 7) is 8.57. The molecule has 2 N–H and O–H groups in total. The van der Waals surface area contributed by atoms with E-state index in [2.05, 4.69) is 27.7 Å². The minimum atomic E-state index is 0.321. The predicted octanol–water partition coefficient (Wildman–Crippen LogP) is 5.40. The first-order valence-electron chi connectivity index (χ1n) is 8.06. The fourth-order valence-electron chi connectivity index (χ4n) is 3.50. The molecule has 118 valence electrons. The summed E-state index contributed by atoms with van der Waals surface area (Å²) in [7, 11) is 0. The van der Waals surface area contributed by atoms with Gasteiger partial charge in [0.2, 0.25) is 0 Å². The van der Waals surface area contributed by atoms with Crippen LogP contribution in [0.25, 0.3) is 0 Å². The molecule has 0 spiro atoms. The summed E-state index contributed by atoms with van der Waals surface area (Å²) in [6.07, 6.45) is 2.00. The molecule has 0 aromatic heterocycles. The third kappa shape index (κ3) is 3.27. The van der Waals surface area contributed by atoms with Crippen LogP contribution in [0.3, 0.4) is 0 Å². The van der Waals surface area contributed by atoms with Crippen molar-refractivity contribution in [3.05, 3.63) is 58.7 Å². The first-order valence-corrected chi connectivity index (χ1v) is 8.06. The first kappa shape index (κ1) is 16.4. The normalized spacial score (nSPS) is 13.8. The highest BCUT2D eigenvalue weighted by Gasteiger charge is 2.25. The van der Waals surface area contributed by atoms with E-state index in [0.717, 1.165) is 12.8 Å². The van der Waals surface area contributed by atoms with Gasteiger partial charge < -0.3 is 10.2 Å². The Morgan fingerprint density at radius 2 is 1.09 bits per heavy atom. The Kier molecular flexibility index (Phi) is 5.12. The molecular weight excluding hydrogens is 272 g/mol. The van der Waals surface area contributed by atoms with Crippen LogP contribution in [0.1, 0.15) is 60.8 Å². The third-order valence-electron chi connectivity index (χ3n) is 4.69. The lowest BCUT2D eigenvalue weighted by Gasteiger charge is -2.29. The van der Waals surface area contributed by atoms with Gasteiger partial charge in [0, 0.05) is 0 Å². The molecule has 2 aromatic carbocycles. The van der Waals surface area contributed by atoms with E-state index in [1.807, 2.05) is 24.3 Å². The number of benzene rings is 2. The van der Waals surface area contributed by atoms with Crippen LogP contribution in [0.4, 0.5) is 0 Å². The average Bonchev–Trinajstić information content (AvgIpc) is 2.50. The van der Waals surface area contributed by atoms with E-state index < -0.39 is 0 Å². The fourth-order valence-corrected chi connectivity index (χ4v) is 3.50. The molecule has 0 saturated heterocycles. The van der Waals surface area contributed by atoms with Crippen molar-refractivity contribution in [2.75, 3.05) is 0 Å². The number of phenols is 2. The Bertz CT molecular complexity index is 589. The number of hydrogen-bond acceptors (Lipinski definition) is 2. The quantitative estimate of drug-likeness (QED) is 0.775. The largest absolute Gasteiger partial charge is 0.508 e. The Morgan fingerprint density at radius 1 is 0.727 bits per heavy atom. The van der Waals surface area contributed by atoms with Crippen LogP contribution in [0, 0.1) is 13.8 Å². The number of phenolic OH excluding ortho intramolecular Hbond substituents is 2. The van der Waals surface area contributed by atoms with Gasteiger partial charge in [0.1, 0.15) is 11.5 Å². The Labute approximate surface area is 133 Å². The molecule has 2 nitrogen and oxygen atoms in total. The molecule has 2 aromatic rings. The van der Waals surface area contributed by atoms with E-state index in [9.17, 15) is 10.2 Å². The maximum absolute atomic E-state index is 9.87. The molecule has 0 aliphatic heterocycles. The molecule has 22 heavy (non-hydrogen) atoms. The second kappa shape index (κ2) is 6.87. The molecule has 0 saturated carbocycles. The average molecular weight is 298 g/mol. The van der Waals surface area contributed by atoms with Crippen LogP contribution in [0.5, 0.6) is 11.5 Å². The predicted molar refractivity (Wildman–Crippen MR) is 91.8 cm³/mol. The fraction of sp³-hybridized carbons (Fsp3) is 0.400. The van der Waals surface area contributed by atoms with Crippen LogP contribution in [-0.2, 0) is 0 Å². The van der Waals surface area contributed by atoms with Crippen molar-refractivity contribution in [3.8, 4) is 11.5 Å². The van der Waals surface area contributed by atoms with E-state index in [0.29, 0.717) is 23.3 Å². The minimum absolute atomic E-state index is 0.321. The van der Waals surface area contributed by atoms with Gasteiger partial charge in [0.25, 0.3) is 0 Å². The summed E-state index contributed by atoms with van der Waals surface area (Å²) in [6, 6.07) is 11.2. The lowest BCUT2D eigenvalue weighted by Crippen LogP contribution is -2.12. The molecule has 2 heteroatoms. The molecule has 2 atom stereocenters. The smallest absolute Gasteiger partial charge is 0.115 e. The van der Waals surface area contributed by atoms with Gasteiger partial charge in [0.05, 0.1) is 0 Å². The number of rotatable bonds is 5. The minimum Gasteiger partial charge on any atom is -0.508 e. The molecule has 0 amide bonds. The van der Waals surface area contributed by atoms with Crippen LogP contribution in [0.15, 0.2) is 36.4 Å². The molecule has 0 bridgehead atoms. The van der Waals surface area contributed by atoms with Crippen molar-refractivity contribution >= 4 is 0 Å². The second-order valence-corrected chi connectivity index (χ2v) is 6.11. The molecule has 2 rings (SSSR count). The van der Waals surface area contributed by atoms with Gasteiger partial charge in [-0.3, -0.25) is 0 Å². The molecule has 0 heterocycles. The van der Waals surface area contributed by atoms with Crippen molar-refractivity contribution in [1.82, 2.24) is 0 Å². The Balaban J connectivity index is 2.51. The van der Waals surface area contributed by atoms with Crippen molar-refractivity contribution in [3.63, 3.8) is 0 Å². The number of hydrogen-bond donors (Lipinski definition) is 2. The van der Waals surface area contributed by atoms with Crippen LogP contribution >= 0.6 is 0 Å². The summed E-state index contributed by atoms with van der Waals surface area (Å²) in [5, 5.41) is 19.7. The maximum atomic E-state index is 9.87. The van der Waals surface area contributed by atoms with E-state index in [1.54, 1.807) is 12.1 Å². The summed E-state index contributed by atoms with van der Waals surface area (Å²) in [5.74, 6) is 1.30. The molecular formula is C20H26O2. The van der Waals surface area contributed by atoms with Crippen LogP contribution in [-0.4, -0.2) is 10.2 Å². The summed E-state index contributed by atoms with van der Waals surface area (Å²) >= 11 is 0. The van der Waals surface area contributed by atoms with E-state index >= 15 is 0 Å². The van der Waals surface area contributed by atoms with E-state index in [4.69, 9.17) is 0 Å². The monoisotopic (exact) mass is 298 g/mol. The highest BCUT2D eigenvalue weighted by atomic mass is 16.3. The summed E-state index contributed by atoms with van der Waals surface area (Å²) in [4.78, 5) is 0. The van der Waals surface area contributed by atoms with Crippen molar-refractivity contribution in [2.45, 2.75) is 52.4 Å². The van der Waals surface area contributed by atoms with Crippen LogP contribution < -0.4 is 0 Å². The molecule has 0 fully saturated rings. The summed E-state index contributed by atoms with van der Waals surface area (Å²) < 4.78 is 0. The van der Waals surface area contributed by atoms with Gasteiger partial charge in [0.15, 0.2) is 0 Å². The van der Waals surface area contributed by atoms with Gasteiger partial charge in [-0.05, 0) is 85.0 Å². The Morgan fingerprint density at radius 3 is 1.41 bits per heavy atom. The molecule has 0 aliphatic carbocycles. The topological polar surface area (TPSA) is 40.5 Å². The zero-order valence-corrected chi connectivity index (χ0v) is 13.9.